The third-order valence-corrected chi connectivity index (χ3v) is 5.28. The monoisotopic (exact) mass is 425 g/mol. The summed E-state index contributed by atoms with van der Waals surface area (Å²) in [5.74, 6) is -0.491. The minimum atomic E-state index is -0.952. The molecule has 2 aromatic carbocycles. The summed E-state index contributed by atoms with van der Waals surface area (Å²) in [5.41, 5.74) is 2.83. The predicted molar refractivity (Wildman–Crippen MR) is 114 cm³/mol. The Morgan fingerprint density at radius 3 is 2.65 bits per heavy atom. The zero-order valence-electron chi connectivity index (χ0n) is 18.0. The van der Waals surface area contributed by atoms with E-state index in [0.29, 0.717) is 17.1 Å². The molecule has 0 unspecified atom stereocenters. The topological polar surface area (TPSA) is 90.9 Å². The molecule has 0 bridgehead atoms. The minimum absolute atomic E-state index is 0.0843. The molecule has 1 N–H and O–H groups in total. The Morgan fingerprint density at radius 2 is 1.90 bits per heavy atom. The van der Waals surface area contributed by atoms with E-state index in [2.05, 4.69) is 11.4 Å². The zero-order chi connectivity index (χ0) is 22.4. The van der Waals surface area contributed by atoms with Crippen LogP contribution in [0.2, 0.25) is 0 Å². The fraction of sp³-hybridized carbons (Fsp3) is 0.375. The number of methoxy groups -OCH3 is 1. The summed E-state index contributed by atoms with van der Waals surface area (Å²) in [6.45, 7) is 2.59. The molecular formula is C24H27NO6. The van der Waals surface area contributed by atoms with Gasteiger partial charge in [-0.05, 0) is 62.4 Å². The second kappa shape index (κ2) is 10.1. The van der Waals surface area contributed by atoms with E-state index in [4.69, 9.17) is 14.2 Å². The van der Waals surface area contributed by atoms with Crippen LogP contribution in [-0.2, 0) is 20.7 Å². The lowest BCUT2D eigenvalue weighted by atomic mass is 9.87. The molecule has 0 saturated heterocycles. The molecule has 0 aliphatic heterocycles. The number of ether oxygens (including phenoxy) is 3. The quantitative estimate of drug-likeness (QED) is 0.515. The van der Waals surface area contributed by atoms with Crippen molar-refractivity contribution in [3.8, 4) is 11.5 Å². The second-order valence-corrected chi connectivity index (χ2v) is 7.49. The fourth-order valence-corrected chi connectivity index (χ4v) is 3.62. The number of esters is 1. The number of fused-ring (bicyclic) bond motifs is 1. The largest absolute Gasteiger partial charge is 0.493 e. The van der Waals surface area contributed by atoms with Crippen molar-refractivity contribution in [2.24, 2.45) is 0 Å². The Kier molecular flexibility index (Phi) is 7.28. The standard InChI is InChI=1S/C24H27NO6/c1-15(26)18-11-12-21(22(13-18)29-3)30-14-23(27)31-16(2)24(28)25-20-10-6-8-17-7-4-5-9-19(17)20/h4-5,7,9,11-13,16,20H,6,8,10,14H2,1-3H3,(H,25,28)/t16-,20-/m1/s1. The normalized spacial score (nSPS) is 15.9. The summed E-state index contributed by atoms with van der Waals surface area (Å²) in [6, 6.07) is 12.7. The summed E-state index contributed by atoms with van der Waals surface area (Å²) in [6.07, 6.45) is 1.89. The maximum atomic E-state index is 12.6. The first-order valence-corrected chi connectivity index (χ1v) is 10.3. The van der Waals surface area contributed by atoms with Crippen LogP contribution in [0.25, 0.3) is 0 Å². The van der Waals surface area contributed by atoms with Crippen LogP contribution in [0.4, 0.5) is 0 Å². The van der Waals surface area contributed by atoms with Crippen LogP contribution in [0.3, 0.4) is 0 Å². The van der Waals surface area contributed by atoms with Gasteiger partial charge in [-0.15, -0.1) is 0 Å². The summed E-state index contributed by atoms with van der Waals surface area (Å²) in [5, 5.41) is 2.98. The summed E-state index contributed by atoms with van der Waals surface area (Å²) in [4.78, 5) is 36.2. The first kappa shape index (κ1) is 22.3. The molecule has 0 aromatic heterocycles. The van der Waals surface area contributed by atoms with E-state index in [0.717, 1.165) is 24.8 Å². The van der Waals surface area contributed by atoms with Gasteiger partial charge in [0.2, 0.25) is 0 Å². The number of rotatable bonds is 8. The van der Waals surface area contributed by atoms with Crippen molar-refractivity contribution in [3.05, 3.63) is 59.2 Å². The lowest BCUT2D eigenvalue weighted by Gasteiger charge is -2.27. The van der Waals surface area contributed by atoms with Gasteiger partial charge in [-0.3, -0.25) is 9.59 Å². The number of Topliss-reactive ketones (excluding diaryl/α,β-unsaturated/α-hetero) is 1. The smallest absolute Gasteiger partial charge is 0.344 e. The van der Waals surface area contributed by atoms with E-state index in [1.54, 1.807) is 18.2 Å². The van der Waals surface area contributed by atoms with Crippen molar-refractivity contribution >= 4 is 17.7 Å². The molecule has 1 aliphatic carbocycles. The summed E-state index contributed by atoms with van der Waals surface area (Å²) >= 11 is 0. The lowest BCUT2D eigenvalue weighted by Crippen LogP contribution is -2.39. The van der Waals surface area contributed by atoms with Crippen molar-refractivity contribution in [3.63, 3.8) is 0 Å². The highest BCUT2D eigenvalue weighted by Crippen LogP contribution is 2.30. The fourth-order valence-electron chi connectivity index (χ4n) is 3.62. The molecular weight excluding hydrogens is 398 g/mol. The van der Waals surface area contributed by atoms with Gasteiger partial charge in [-0.2, -0.15) is 0 Å². The molecule has 0 heterocycles. The van der Waals surface area contributed by atoms with E-state index in [9.17, 15) is 14.4 Å². The van der Waals surface area contributed by atoms with E-state index in [1.807, 2.05) is 18.2 Å². The number of nitrogens with one attached hydrogen (secondary N) is 1. The molecule has 31 heavy (non-hydrogen) atoms. The molecule has 2 aromatic rings. The highest BCUT2D eigenvalue weighted by Gasteiger charge is 2.25. The molecule has 0 spiro atoms. The number of carbonyl (C=O) groups excluding carboxylic acids is 3. The van der Waals surface area contributed by atoms with Gasteiger partial charge in [0.1, 0.15) is 0 Å². The molecule has 164 valence electrons. The number of ketones is 1. The Morgan fingerprint density at radius 1 is 1.13 bits per heavy atom. The van der Waals surface area contributed by atoms with E-state index >= 15 is 0 Å². The highest BCUT2D eigenvalue weighted by molar-refractivity contribution is 5.94. The molecule has 1 aliphatic rings. The van der Waals surface area contributed by atoms with Crippen LogP contribution in [-0.4, -0.2) is 37.5 Å². The third-order valence-electron chi connectivity index (χ3n) is 5.28. The number of benzene rings is 2. The van der Waals surface area contributed by atoms with Gasteiger partial charge in [0, 0.05) is 5.56 Å². The molecule has 0 saturated carbocycles. The molecule has 3 rings (SSSR count). The number of hydrogen-bond acceptors (Lipinski definition) is 6. The van der Waals surface area contributed by atoms with Crippen molar-refractivity contribution < 1.29 is 28.6 Å². The summed E-state index contributed by atoms with van der Waals surface area (Å²) < 4.78 is 15.9. The minimum Gasteiger partial charge on any atom is -0.493 e. The number of carbonyl (C=O) groups is 3. The van der Waals surface area contributed by atoms with Crippen molar-refractivity contribution in [1.29, 1.82) is 0 Å². The second-order valence-electron chi connectivity index (χ2n) is 7.49. The van der Waals surface area contributed by atoms with Crippen LogP contribution in [0.5, 0.6) is 11.5 Å². The van der Waals surface area contributed by atoms with Crippen molar-refractivity contribution in [2.45, 2.75) is 45.3 Å². The number of hydrogen-bond donors (Lipinski definition) is 1. The average molecular weight is 425 g/mol. The molecule has 7 heteroatoms. The molecule has 7 nitrogen and oxygen atoms in total. The van der Waals surface area contributed by atoms with Gasteiger partial charge in [0.05, 0.1) is 13.2 Å². The van der Waals surface area contributed by atoms with E-state index in [-0.39, 0.29) is 24.3 Å². The Balaban J connectivity index is 1.53. The average Bonchev–Trinajstić information content (AvgIpc) is 2.77. The molecule has 0 fully saturated rings. The SMILES string of the molecule is COc1cc(C(C)=O)ccc1OCC(=O)O[C@H](C)C(=O)N[C@@H]1CCCc2ccccc21. The van der Waals surface area contributed by atoms with E-state index < -0.39 is 12.1 Å². The molecule has 0 radical (unpaired) electrons. The van der Waals surface area contributed by atoms with Crippen LogP contribution in [0.15, 0.2) is 42.5 Å². The van der Waals surface area contributed by atoms with Gasteiger partial charge >= 0.3 is 5.97 Å². The maximum Gasteiger partial charge on any atom is 0.344 e. The third kappa shape index (κ3) is 5.63. The first-order valence-electron chi connectivity index (χ1n) is 10.3. The Hall–Kier alpha value is -3.35. The van der Waals surface area contributed by atoms with Crippen LogP contribution in [0, 0.1) is 0 Å². The predicted octanol–water partition coefficient (Wildman–Crippen LogP) is 3.40. The number of amides is 1. The van der Waals surface area contributed by atoms with Crippen LogP contribution in [0.1, 0.15) is 54.2 Å². The van der Waals surface area contributed by atoms with E-state index in [1.165, 1.54) is 26.5 Å². The van der Waals surface area contributed by atoms with Crippen molar-refractivity contribution in [2.75, 3.05) is 13.7 Å². The molecule has 1 amide bonds. The lowest BCUT2D eigenvalue weighted by molar-refractivity contribution is -0.156. The van der Waals surface area contributed by atoms with Crippen molar-refractivity contribution in [1.82, 2.24) is 5.32 Å². The maximum absolute atomic E-state index is 12.6. The first-order chi connectivity index (χ1) is 14.9. The van der Waals surface area contributed by atoms with Gasteiger partial charge in [-0.1, -0.05) is 24.3 Å². The Labute approximate surface area is 181 Å². The van der Waals surface area contributed by atoms with Gasteiger partial charge in [0.15, 0.2) is 30.0 Å². The van der Waals surface area contributed by atoms with Crippen LogP contribution >= 0.6 is 0 Å². The zero-order valence-corrected chi connectivity index (χ0v) is 18.0. The highest BCUT2D eigenvalue weighted by atomic mass is 16.6. The number of aryl methyl sites for hydroxylation is 1. The van der Waals surface area contributed by atoms with Gasteiger partial charge < -0.3 is 19.5 Å². The van der Waals surface area contributed by atoms with Crippen LogP contribution < -0.4 is 14.8 Å². The summed E-state index contributed by atoms with van der Waals surface area (Å²) in [7, 11) is 1.44. The van der Waals surface area contributed by atoms with Gasteiger partial charge in [-0.25, -0.2) is 4.79 Å². The molecule has 2 atom stereocenters. The van der Waals surface area contributed by atoms with Gasteiger partial charge in [0.25, 0.3) is 5.91 Å². The Bertz CT molecular complexity index is 970.